The molecule has 1 aromatic carbocycles. The van der Waals surface area contributed by atoms with Crippen molar-refractivity contribution in [2.45, 2.75) is 88.3 Å². The fourth-order valence-corrected chi connectivity index (χ4v) is 7.28. The summed E-state index contributed by atoms with van der Waals surface area (Å²) < 4.78 is 18.3. The Kier molecular flexibility index (Phi) is 11.5. The van der Waals surface area contributed by atoms with E-state index in [4.69, 9.17) is 14.2 Å². The third kappa shape index (κ3) is 6.91. The van der Waals surface area contributed by atoms with Gasteiger partial charge in [-0.25, -0.2) is 0 Å². The summed E-state index contributed by atoms with van der Waals surface area (Å²) >= 11 is 0. The number of hydrogen-bond donors (Lipinski definition) is 2. The molecule has 0 saturated carbocycles. The van der Waals surface area contributed by atoms with Gasteiger partial charge in [-0.2, -0.15) is 0 Å². The van der Waals surface area contributed by atoms with Crippen molar-refractivity contribution in [2.75, 3.05) is 33.4 Å². The molecule has 2 N–H and O–H groups in total. The van der Waals surface area contributed by atoms with E-state index in [9.17, 15) is 24.3 Å². The molecular formula is C35H49N3O8. The summed E-state index contributed by atoms with van der Waals surface area (Å²) in [6.07, 6.45) is 3.66. The lowest BCUT2D eigenvalue weighted by Gasteiger charge is -2.42. The highest BCUT2D eigenvalue weighted by molar-refractivity contribution is 5.98. The average Bonchev–Trinajstić information content (AvgIpc) is 3.67. The molecule has 3 aliphatic heterocycles. The molecule has 3 amide bonds. The monoisotopic (exact) mass is 639 g/mol. The highest BCUT2D eigenvalue weighted by Crippen LogP contribution is 2.59. The second-order valence-electron chi connectivity index (χ2n) is 13.3. The molecule has 252 valence electrons. The van der Waals surface area contributed by atoms with Gasteiger partial charge in [0.1, 0.15) is 17.7 Å². The van der Waals surface area contributed by atoms with Gasteiger partial charge >= 0.3 is 5.97 Å². The topological polar surface area (TPSA) is 135 Å². The Labute approximate surface area is 271 Å². The molecule has 7 atom stereocenters. The van der Waals surface area contributed by atoms with Gasteiger partial charge in [-0.05, 0) is 52.0 Å². The fourth-order valence-electron chi connectivity index (χ4n) is 7.28. The first-order valence-electron chi connectivity index (χ1n) is 16.1. The maximum atomic E-state index is 14.4. The van der Waals surface area contributed by atoms with Crippen LogP contribution in [0, 0.1) is 11.8 Å². The maximum Gasteiger partial charge on any atom is 0.313 e. The van der Waals surface area contributed by atoms with E-state index < -0.39 is 53.2 Å². The van der Waals surface area contributed by atoms with Crippen LogP contribution < -0.4 is 5.32 Å². The minimum Gasteiger partial charge on any atom is -0.455 e. The number of hydrogen-bond acceptors (Lipinski definition) is 8. The number of carbonyl (C=O) groups excluding carboxylic acids is 4. The van der Waals surface area contributed by atoms with E-state index in [1.165, 1.54) is 12.0 Å². The van der Waals surface area contributed by atoms with E-state index in [0.29, 0.717) is 24.8 Å². The summed E-state index contributed by atoms with van der Waals surface area (Å²) in [6.45, 7) is 13.6. The van der Waals surface area contributed by atoms with Crippen LogP contribution >= 0.6 is 0 Å². The number of carbonyl (C=O) groups is 4. The van der Waals surface area contributed by atoms with E-state index in [1.807, 2.05) is 51.1 Å². The number of benzene rings is 1. The quantitative estimate of drug-likeness (QED) is 0.208. The first-order valence-corrected chi connectivity index (χ1v) is 16.1. The summed E-state index contributed by atoms with van der Waals surface area (Å²) in [4.78, 5) is 58.8. The van der Waals surface area contributed by atoms with Gasteiger partial charge in [0, 0.05) is 38.8 Å². The van der Waals surface area contributed by atoms with E-state index in [1.54, 1.807) is 17.1 Å². The number of nitrogens with one attached hydrogen (secondary N) is 1. The molecule has 1 aromatic rings. The van der Waals surface area contributed by atoms with Crippen LogP contribution in [-0.2, 0) is 33.4 Å². The highest BCUT2D eigenvalue weighted by Gasteiger charge is 2.75. The van der Waals surface area contributed by atoms with Gasteiger partial charge < -0.3 is 34.4 Å². The third-order valence-corrected chi connectivity index (χ3v) is 9.26. The number of allylic oxidation sites excluding steroid dienone is 1. The van der Waals surface area contributed by atoms with Crippen molar-refractivity contribution in [3.8, 4) is 0 Å². The molecular weight excluding hydrogens is 590 g/mol. The predicted octanol–water partition coefficient (Wildman–Crippen LogP) is 2.94. The molecule has 0 aromatic heterocycles. The Morgan fingerprint density at radius 3 is 2.54 bits per heavy atom. The maximum absolute atomic E-state index is 14.4. The summed E-state index contributed by atoms with van der Waals surface area (Å²) in [5.41, 5.74) is -1.13. The molecule has 0 aliphatic carbocycles. The van der Waals surface area contributed by atoms with Crippen LogP contribution in [0.5, 0.6) is 0 Å². The molecule has 11 heteroatoms. The van der Waals surface area contributed by atoms with Crippen molar-refractivity contribution >= 4 is 23.7 Å². The molecule has 2 bridgehead atoms. The average molecular weight is 640 g/mol. The van der Waals surface area contributed by atoms with Crippen molar-refractivity contribution in [2.24, 2.45) is 11.8 Å². The second kappa shape index (κ2) is 14.9. The Balaban J connectivity index is 1.69. The normalized spacial score (nSPS) is 26.3. The molecule has 3 saturated heterocycles. The van der Waals surface area contributed by atoms with E-state index in [2.05, 4.69) is 18.5 Å². The number of ether oxygens (including phenoxy) is 3. The van der Waals surface area contributed by atoms with E-state index in [0.717, 1.165) is 0 Å². The fraction of sp³-hybridized carbons (Fsp3) is 0.600. The molecule has 11 nitrogen and oxygen atoms in total. The van der Waals surface area contributed by atoms with E-state index >= 15 is 0 Å². The lowest BCUT2D eigenvalue weighted by Crippen LogP contribution is -2.60. The Hall–Kier alpha value is -3.54. The van der Waals surface area contributed by atoms with Gasteiger partial charge in [0.25, 0.3) is 0 Å². The summed E-state index contributed by atoms with van der Waals surface area (Å²) in [5.74, 6) is -3.39. The molecule has 3 aliphatic rings. The second-order valence-corrected chi connectivity index (χ2v) is 13.3. The van der Waals surface area contributed by atoms with Gasteiger partial charge in [-0.1, -0.05) is 42.5 Å². The standard InChI is InChI=1S/C35H49N3O8/c1-7-9-16-26(40)36-24(22-44-6)29(23-14-11-10-12-15-23)45-33(43)27-25-17-18-35(46-25)28(27)31(41)37(20-13-21-39)30(35)32(42)38(19-8-2)34(3,4)5/h7-8,10-12,14-15,24-25,27-30,39H,1-2,9,13,16-22H2,3-6H3,(H,36,40)/t24-,25-,27+,28+,29-,30-,35+/m0/s1. The third-order valence-electron chi connectivity index (χ3n) is 9.26. The first-order chi connectivity index (χ1) is 21.9. The Bertz CT molecular complexity index is 1280. The van der Waals surface area contributed by atoms with E-state index in [-0.39, 0.29) is 56.9 Å². The summed E-state index contributed by atoms with van der Waals surface area (Å²) in [7, 11) is 1.50. The smallest absolute Gasteiger partial charge is 0.313 e. The summed E-state index contributed by atoms with van der Waals surface area (Å²) in [6, 6.07) is 7.41. The zero-order valence-corrected chi connectivity index (χ0v) is 27.5. The van der Waals surface area contributed by atoms with Crippen molar-refractivity contribution in [3.63, 3.8) is 0 Å². The Morgan fingerprint density at radius 2 is 1.93 bits per heavy atom. The molecule has 3 fully saturated rings. The van der Waals surface area contributed by atoms with Crippen LogP contribution in [0.2, 0.25) is 0 Å². The van der Waals surface area contributed by atoms with Crippen molar-refractivity contribution in [1.82, 2.24) is 15.1 Å². The van der Waals surface area contributed by atoms with Gasteiger partial charge in [0.05, 0.1) is 30.6 Å². The van der Waals surface area contributed by atoms with Gasteiger partial charge in [0.15, 0.2) is 0 Å². The van der Waals surface area contributed by atoms with Gasteiger partial charge in [-0.3, -0.25) is 19.2 Å². The SMILES string of the molecule is C=CCCC(=O)N[C@@H](COC)[C@@H](OC(=O)[C@@H]1[C@@H]2CC[C@]3(O2)[C@H](C(=O)N(CC=C)C(C)(C)C)N(CCCO)C(=O)[C@@H]13)c1ccccc1. The number of amides is 3. The van der Waals surface area contributed by atoms with Crippen LogP contribution in [0.1, 0.15) is 64.5 Å². The zero-order valence-electron chi connectivity index (χ0n) is 27.5. The lowest BCUT2D eigenvalue weighted by atomic mass is 9.70. The van der Waals surface area contributed by atoms with Crippen molar-refractivity contribution < 1.29 is 38.5 Å². The molecule has 4 rings (SSSR count). The number of fused-ring (bicyclic) bond motifs is 1. The van der Waals surface area contributed by atoms with Gasteiger partial charge in [-0.15, -0.1) is 13.2 Å². The largest absolute Gasteiger partial charge is 0.455 e. The number of nitrogens with zero attached hydrogens (tertiary/aromatic N) is 2. The predicted molar refractivity (Wildman–Crippen MR) is 171 cm³/mol. The number of rotatable bonds is 16. The van der Waals surface area contributed by atoms with Crippen LogP contribution in [0.4, 0.5) is 0 Å². The van der Waals surface area contributed by atoms with Crippen LogP contribution in [0.25, 0.3) is 0 Å². The minimum absolute atomic E-state index is 0.0705. The number of esters is 1. The van der Waals surface area contributed by atoms with Crippen LogP contribution in [-0.4, -0.2) is 101 Å². The molecule has 3 heterocycles. The molecule has 0 unspecified atom stereocenters. The number of methoxy groups -OCH3 is 1. The van der Waals surface area contributed by atoms with Crippen LogP contribution in [0.15, 0.2) is 55.6 Å². The highest BCUT2D eigenvalue weighted by atomic mass is 16.6. The minimum atomic E-state index is -1.21. The molecule has 0 radical (unpaired) electrons. The van der Waals surface area contributed by atoms with Crippen molar-refractivity contribution in [3.05, 3.63) is 61.2 Å². The first kappa shape index (κ1) is 35.3. The summed E-state index contributed by atoms with van der Waals surface area (Å²) in [5, 5.41) is 12.6. The molecule has 46 heavy (non-hydrogen) atoms. The lowest BCUT2D eigenvalue weighted by molar-refractivity contribution is -0.163. The van der Waals surface area contributed by atoms with Crippen LogP contribution in [0.3, 0.4) is 0 Å². The Morgan fingerprint density at radius 1 is 1.22 bits per heavy atom. The number of aliphatic hydroxyl groups excluding tert-OH is 1. The van der Waals surface area contributed by atoms with Gasteiger partial charge in [0.2, 0.25) is 17.7 Å². The van der Waals surface area contributed by atoms with Crippen molar-refractivity contribution in [1.29, 1.82) is 0 Å². The number of aliphatic hydroxyl groups is 1. The number of likely N-dealkylation sites (tertiary alicyclic amines) is 1. The zero-order chi connectivity index (χ0) is 33.6. The molecule has 1 spiro atoms.